The van der Waals surface area contributed by atoms with Crippen LogP contribution in [0.4, 0.5) is 18.9 Å². The van der Waals surface area contributed by atoms with E-state index in [2.05, 4.69) is 0 Å². The van der Waals surface area contributed by atoms with Gasteiger partial charge in [0, 0.05) is 11.3 Å². The molecule has 0 aromatic heterocycles. The van der Waals surface area contributed by atoms with Crippen molar-refractivity contribution in [1.29, 1.82) is 0 Å². The Morgan fingerprint density at radius 1 is 1.11 bits per heavy atom. The van der Waals surface area contributed by atoms with Crippen molar-refractivity contribution >= 4 is 22.9 Å². The molecule has 0 heterocycles. The van der Waals surface area contributed by atoms with E-state index in [1.807, 2.05) is 0 Å². The van der Waals surface area contributed by atoms with Gasteiger partial charge in [0.2, 0.25) is 0 Å². The Hall–Kier alpha value is -2.59. The maximum Gasteiger partial charge on any atom is 0.418 e. The summed E-state index contributed by atoms with van der Waals surface area (Å²) >= 11 is -3.26. The minimum Gasteiger partial charge on any atom is -0.755 e. The number of hydrogen-bond acceptors (Lipinski definition) is 4. The molecule has 0 spiro atoms. The topological polar surface area (TPSA) is 101 Å². The number of alkyl halides is 3. The van der Waals surface area contributed by atoms with E-state index in [9.17, 15) is 36.9 Å². The maximum atomic E-state index is 13.7. The van der Waals surface area contributed by atoms with Crippen LogP contribution in [0, 0.1) is 5.92 Å². The van der Waals surface area contributed by atoms with Gasteiger partial charge in [0.25, 0.3) is 0 Å². The highest BCUT2D eigenvalue weighted by molar-refractivity contribution is 7.80. The van der Waals surface area contributed by atoms with E-state index in [0.29, 0.717) is 5.56 Å². The van der Waals surface area contributed by atoms with E-state index < -0.39 is 46.6 Å². The number of phenols is 1. The maximum absolute atomic E-state index is 13.7. The number of halogens is 3. The van der Waals surface area contributed by atoms with Crippen molar-refractivity contribution in [2.75, 3.05) is 4.31 Å². The molecule has 0 aliphatic heterocycles. The lowest BCUT2D eigenvalue weighted by atomic mass is 9.99. The van der Waals surface area contributed by atoms with Crippen molar-refractivity contribution in [2.24, 2.45) is 5.92 Å². The highest BCUT2D eigenvalue weighted by Crippen LogP contribution is 2.41. The van der Waals surface area contributed by atoms with Gasteiger partial charge in [-0.25, -0.2) is 4.79 Å². The summed E-state index contributed by atoms with van der Waals surface area (Å²) in [5, 5.41) is 18.7. The van der Waals surface area contributed by atoms with E-state index >= 15 is 0 Å². The van der Waals surface area contributed by atoms with Gasteiger partial charge in [-0.05, 0) is 41.3 Å². The first-order chi connectivity index (χ1) is 12.9. The minimum absolute atomic E-state index is 0.0643. The lowest BCUT2D eigenvalue weighted by Gasteiger charge is -2.35. The fourth-order valence-corrected chi connectivity index (χ4v) is 3.61. The summed E-state index contributed by atoms with van der Waals surface area (Å²) in [6.45, 7) is 2.80. The summed E-state index contributed by atoms with van der Waals surface area (Å²) in [5.41, 5.74) is -1.56. The van der Waals surface area contributed by atoms with Crippen LogP contribution in [0.15, 0.2) is 42.5 Å². The first-order valence-electron chi connectivity index (χ1n) is 8.05. The third-order valence-electron chi connectivity index (χ3n) is 4.04. The first-order valence-corrected chi connectivity index (χ1v) is 9.08. The summed E-state index contributed by atoms with van der Waals surface area (Å²) in [6.07, 6.45) is -4.93. The molecule has 0 aliphatic rings. The van der Waals surface area contributed by atoms with Crippen LogP contribution < -0.4 is 4.31 Å². The number of benzene rings is 2. The van der Waals surface area contributed by atoms with E-state index in [0.717, 1.165) is 12.1 Å². The summed E-state index contributed by atoms with van der Waals surface area (Å²) < 4.78 is 64.7. The molecule has 2 rings (SSSR count). The van der Waals surface area contributed by atoms with Crippen molar-refractivity contribution in [2.45, 2.75) is 26.1 Å². The molecular formula is C18H17F3NO5S-. The molecule has 0 bridgehead atoms. The number of carboxylic acids is 1. The van der Waals surface area contributed by atoms with E-state index in [1.54, 1.807) is 0 Å². The molecule has 152 valence electrons. The fraction of sp³-hybridized carbons (Fsp3) is 0.278. The van der Waals surface area contributed by atoms with Crippen LogP contribution in [0.1, 0.15) is 19.4 Å². The lowest BCUT2D eigenvalue weighted by Crippen LogP contribution is -2.46. The summed E-state index contributed by atoms with van der Waals surface area (Å²) in [7, 11) is 0. The number of rotatable bonds is 6. The van der Waals surface area contributed by atoms with Crippen LogP contribution >= 0.6 is 0 Å². The average Bonchev–Trinajstić information content (AvgIpc) is 2.58. The number of phenolic OH excluding ortho intramolecular Hbond substituents is 1. The first kappa shape index (κ1) is 21.7. The minimum atomic E-state index is -4.93. The SMILES string of the molecule is CC(C)C(C(=O)O)N(c1ccc(-c2ccc(O)cc2)cc1C(F)(F)F)S(=O)[O-]. The van der Waals surface area contributed by atoms with E-state index in [4.69, 9.17) is 0 Å². The Labute approximate surface area is 161 Å². The van der Waals surface area contributed by atoms with Crippen molar-refractivity contribution < 1.29 is 36.9 Å². The number of aromatic hydroxyl groups is 1. The second-order valence-electron chi connectivity index (χ2n) is 6.35. The van der Waals surface area contributed by atoms with Gasteiger partial charge >= 0.3 is 12.1 Å². The zero-order valence-electron chi connectivity index (χ0n) is 14.8. The predicted octanol–water partition coefficient (Wildman–Crippen LogP) is 3.79. The molecule has 0 aliphatic carbocycles. The van der Waals surface area contributed by atoms with Gasteiger partial charge in [-0.2, -0.15) is 13.2 Å². The fourth-order valence-electron chi connectivity index (χ4n) is 2.77. The number of nitrogens with zero attached hydrogens (tertiary/aromatic N) is 1. The molecule has 2 aromatic carbocycles. The Morgan fingerprint density at radius 2 is 1.64 bits per heavy atom. The molecule has 0 saturated heterocycles. The van der Waals surface area contributed by atoms with Crippen molar-refractivity contribution in [3.05, 3.63) is 48.0 Å². The summed E-state index contributed by atoms with van der Waals surface area (Å²) in [6, 6.07) is 6.64. The van der Waals surface area contributed by atoms with Crippen molar-refractivity contribution in [3.63, 3.8) is 0 Å². The summed E-state index contributed by atoms with van der Waals surface area (Å²) in [4.78, 5) is 11.5. The molecule has 2 atom stereocenters. The molecule has 0 radical (unpaired) electrons. The third kappa shape index (κ3) is 4.63. The molecule has 0 saturated carbocycles. The Bertz CT molecular complexity index is 884. The van der Waals surface area contributed by atoms with Crippen LogP contribution in [-0.2, 0) is 22.2 Å². The Kier molecular flexibility index (Phi) is 6.35. The van der Waals surface area contributed by atoms with Gasteiger partial charge in [-0.1, -0.05) is 32.0 Å². The molecule has 0 fully saturated rings. The molecular weight excluding hydrogens is 399 g/mol. The number of carbonyl (C=O) groups is 1. The molecule has 6 nitrogen and oxygen atoms in total. The highest BCUT2D eigenvalue weighted by Gasteiger charge is 2.39. The second kappa shape index (κ2) is 8.19. The highest BCUT2D eigenvalue weighted by atomic mass is 32.2. The van der Waals surface area contributed by atoms with E-state index in [-0.39, 0.29) is 15.6 Å². The van der Waals surface area contributed by atoms with Crippen molar-refractivity contribution in [1.82, 2.24) is 0 Å². The molecule has 10 heteroatoms. The standard InChI is InChI=1S/C18H18F3NO5S/c1-10(2)16(17(24)25)22(28(26)27)15-8-5-12(9-14(15)18(19,20)21)11-3-6-13(23)7-4-11/h3-10,16,23H,1-2H3,(H,24,25)(H,26,27)/p-1. The van der Waals surface area contributed by atoms with E-state index in [1.165, 1.54) is 44.2 Å². The monoisotopic (exact) mass is 416 g/mol. The predicted molar refractivity (Wildman–Crippen MR) is 96.2 cm³/mol. The van der Waals surface area contributed by atoms with Crippen LogP contribution in [0.2, 0.25) is 0 Å². The van der Waals surface area contributed by atoms with Crippen LogP contribution in [0.25, 0.3) is 11.1 Å². The van der Waals surface area contributed by atoms with Gasteiger partial charge in [-0.3, -0.25) is 8.51 Å². The largest absolute Gasteiger partial charge is 0.755 e. The summed E-state index contributed by atoms with van der Waals surface area (Å²) in [5.74, 6) is -2.41. The Balaban J connectivity index is 2.69. The molecule has 2 unspecified atom stereocenters. The van der Waals surface area contributed by atoms with Gasteiger partial charge in [0.05, 0.1) is 11.3 Å². The smallest absolute Gasteiger partial charge is 0.418 e. The normalized spacial score (nSPS) is 14.0. The zero-order valence-corrected chi connectivity index (χ0v) is 15.6. The average molecular weight is 416 g/mol. The Morgan fingerprint density at radius 3 is 2.07 bits per heavy atom. The van der Waals surface area contributed by atoms with Gasteiger partial charge < -0.3 is 14.8 Å². The third-order valence-corrected chi connectivity index (χ3v) is 4.78. The van der Waals surface area contributed by atoms with Gasteiger partial charge in [-0.15, -0.1) is 0 Å². The number of anilines is 1. The lowest BCUT2D eigenvalue weighted by molar-refractivity contribution is -0.140. The molecule has 28 heavy (non-hydrogen) atoms. The van der Waals surface area contributed by atoms with Gasteiger partial charge in [0.15, 0.2) is 0 Å². The van der Waals surface area contributed by atoms with Gasteiger partial charge in [0.1, 0.15) is 11.8 Å². The molecule has 2 aromatic rings. The quantitative estimate of drug-likeness (QED) is 0.698. The number of carboxylic acid groups (broad SMARTS) is 1. The molecule has 2 N–H and O–H groups in total. The molecule has 0 amide bonds. The van der Waals surface area contributed by atoms with Crippen LogP contribution in [-0.4, -0.2) is 31.0 Å². The number of aliphatic carboxylic acids is 1. The second-order valence-corrected chi connectivity index (χ2v) is 7.17. The van der Waals surface area contributed by atoms with Crippen LogP contribution in [0.5, 0.6) is 5.75 Å². The number of hydrogen-bond donors (Lipinski definition) is 2. The van der Waals surface area contributed by atoms with Crippen LogP contribution in [0.3, 0.4) is 0 Å². The van der Waals surface area contributed by atoms with Crippen molar-refractivity contribution in [3.8, 4) is 16.9 Å². The zero-order chi connectivity index (χ0) is 21.2.